The molecule has 148 valence electrons. The van der Waals surface area contributed by atoms with Crippen LogP contribution in [0.5, 0.6) is 5.75 Å². The lowest BCUT2D eigenvalue weighted by atomic mass is 9.97. The molecule has 0 aliphatic heterocycles. The monoisotopic (exact) mass is 455 g/mol. The SMILES string of the molecule is O=C(O)/C=C/C[C@@H](OC(=O)Nc1ccc(Br)cc1)c1ccc(O)c2ccccc12. The Bertz CT molecular complexity index is 1060. The van der Waals surface area contributed by atoms with Crippen molar-refractivity contribution in [2.75, 3.05) is 5.32 Å². The number of carbonyl (C=O) groups excluding carboxylic acids is 1. The van der Waals surface area contributed by atoms with Gasteiger partial charge in [0.2, 0.25) is 0 Å². The van der Waals surface area contributed by atoms with Crippen LogP contribution in [0.4, 0.5) is 10.5 Å². The van der Waals surface area contributed by atoms with E-state index in [2.05, 4.69) is 21.2 Å². The number of hydrogen-bond acceptors (Lipinski definition) is 4. The summed E-state index contributed by atoms with van der Waals surface area (Å²) in [5.74, 6) is -0.970. The van der Waals surface area contributed by atoms with Gasteiger partial charge in [0.1, 0.15) is 11.9 Å². The number of phenols is 1. The number of halogens is 1. The third kappa shape index (κ3) is 5.36. The van der Waals surface area contributed by atoms with Crippen LogP contribution in [0.25, 0.3) is 10.8 Å². The molecule has 29 heavy (non-hydrogen) atoms. The second-order valence-corrected chi connectivity index (χ2v) is 7.14. The zero-order valence-corrected chi connectivity index (χ0v) is 16.8. The lowest BCUT2D eigenvalue weighted by Gasteiger charge is -2.19. The van der Waals surface area contributed by atoms with Crippen molar-refractivity contribution in [2.45, 2.75) is 12.5 Å². The summed E-state index contributed by atoms with van der Waals surface area (Å²) in [7, 11) is 0. The lowest BCUT2D eigenvalue weighted by molar-refractivity contribution is -0.131. The van der Waals surface area contributed by atoms with Gasteiger partial charge in [-0.05, 0) is 35.7 Å². The molecule has 1 amide bonds. The molecule has 0 bridgehead atoms. The van der Waals surface area contributed by atoms with Gasteiger partial charge in [0.15, 0.2) is 0 Å². The summed E-state index contributed by atoms with van der Waals surface area (Å²) < 4.78 is 6.49. The molecule has 0 saturated carbocycles. The molecule has 0 spiro atoms. The van der Waals surface area contributed by atoms with Gasteiger partial charge >= 0.3 is 12.1 Å². The van der Waals surface area contributed by atoms with Crippen LogP contribution in [-0.2, 0) is 9.53 Å². The smallest absolute Gasteiger partial charge is 0.412 e. The maximum atomic E-state index is 12.4. The third-order valence-electron chi connectivity index (χ3n) is 4.23. The van der Waals surface area contributed by atoms with Crippen LogP contribution in [0.2, 0.25) is 0 Å². The second kappa shape index (κ2) is 9.25. The second-order valence-electron chi connectivity index (χ2n) is 6.22. The zero-order valence-electron chi connectivity index (χ0n) is 15.2. The van der Waals surface area contributed by atoms with Gasteiger partial charge in [-0.1, -0.05) is 52.3 Å². The molecule has 3 N–H and O–H groups in total. The number of carboxylic acid groups (broad SMARTS) is 1. The van der Waals surface area contributed by atoms with E-state index in [1.165, 1.54) is 12.1 Å². The number of anilines is 1. The topological polar surface area (TPSA) is 95.9 Å². The van der Waals surface area contributed by atoms with E-state index in [9.17, 15) is 14.7 Å². The highest BCUT2D eigenvalue weighted by molar-refractivity contribution is 9.10. The highest BCUT2D eigenvalue weighted by Crippen LogP contribution is 2.34. The summed E-state index contributed by atoms with van der Waals surface area (Å²) in [6.45, 7) is 0. The van der Waals surface area contributed by atoms with Crippen molar-refractivity contribution in [1.29, 1.82) is 0 Å². The summed E-state index contributed by atoms with van der Waals surface area (Å²) in [5, 5.41) is 23.0. The largest absolute Gasteiger partial charge is 0.507 e. The number of hydrogen-bond donors (Lipinski definition) is 3. The first kappa shape index (κ1) is 20.4. The molecule has 0 fully saturated rings. The number of ether oxygens (including phenoxy) is 1. The number of fused-ring (bicyclic) bond motifs is 1. The molecule has 3 aromatic carbocycles. The fourth-order valence-electron chi connectivity index (χ4n) is 2.93. The maximum Gasteiger partial charge on any atom is 0.412 e. The fraction of sp³-hybridized carbons (Fsp3) is 0.0909. The highest BCUT2D eigenvalue weighted by atomic mass is 79.9. The Hall–Kier alpha value is -3.32. The minimum absolute atomic E-state index is 0.114. The van der Waals surface area contributed by atoms with Gasteiger partial charge in [0.05, 0.1) is 0 Å². The summed E-state index contributed by atoms with van der Waals surface area (Å²) in [6, 6.07) is 17.4. The highest BCUT2D eigenvalue weighted by Gasteiger charge is 2.19. The molecule has 0 saturated heterocycles. The number of carbonyl (C=O) groups is 2. The van der Waals surface area contributed by atoms with Gasteiger partial charge in [-0.3, -0.25) is 5.32 Å². The quantitative estimate of drug-likeness (QED) is 0.418. The number of phenolic OH excluding ortho intramolecular Hbond substituents is 1. The Morgan fingerprint density at radius 1 is 1.03 bits per heavy atom. The van der Waals surface area contributed by atoms with Crippen LogP contribution < -0.4 is 5.32 Å². The van der Waals surface area contributed by atoms with Gasteiger partial charge in [-0.2, -0.15) is 0 Å². The van der Waals surface area contributed by atoms with Crippen molar-refractivity contribution in [3.8, 4) is 5.75 Å². The van der Waals surface area contributed by atoms with Crippen LogP contribution in [0.15, 0.2) is 77.3 Å². The molecule has 0 radical (unpaired) electrons. The molecule has 0 heterocycles. The van der Waals surface area contributed by atoms with E-state index in [-0.39, 0.29) is 12.2 Å². The predicted octanol–water partition coefficient (Wildman–Crippen LogP) is 5.63. The van der Waals surface area contributed by atoms with E-state index in [0.717, 1.165) is 15.9 Å². The molecule has 0 aliphatic carbocycles. The van der Waals surface area contributed by atoms with E-state index < -0.39 is 18.2 Å². The van der Waals surface area contributed by atoms with Crippen LogP contribution in [0.1, 0.15) is 18.1 Å². The molecule has 3 aromatic rings. The molecule has 6 nitrogen and oxygen atoms in total. The average molecular weight is 456 g/mol. The number of aliphatic carboxylic acids is 1. The van der Waals surface area contributed by atoms with Gasteiger partial charge in [0, 0.05) is 33.6 Å². The average Bonchev–Trinajstić information content (AvgIpc) is 2.69. The van der Waals surface area contributed by atoms with Crippen molar-refractivity contribution in [3.05, 3.63) is 82.9 Å². The first-order valence-corrected chi connectivity index (χ1v) is 9.56. The van der Waals surface area contributed by atoms with E-state index in [4.69, 9.17) is 9.84 Å². The van der Waals surface area contributed by atoms with Crippen LogP contribution in [0, 0.1) is 0 Å². The van der Waals surface area contributed by atoms with E-state index in [1.807, 2.05) is 12.1 Å². The van der Waals surface area contributed by atoms with Gasteiger partial charge in [-0.15, -0.1) is 0 Å². The van der Waals surface area contributed by atoms with E-state index >= 15 is 0 Å². The fourth-order valence-corrected chi connectivity index (χ4v) is 3.19. The Balaban J connectivity index is 1.88. The normalized spacial score (nSPS) is 12.0. The molecule has 7 heteroatoms. The van der Waals surface area contributed by atoms with Crippen molar-refractivity contribution >= 4 is 44.5 Å². The summed E-state index contributed by atoms with van der Waals surface area (Å²) in [5.41, 5.74) is 1.23. The molecule has 1 atom stereocenters. The Morgan fingerprint density at radius 3 is 2.41 bits per heavy atom. The van der Waals surface area contributed by atoms with Gasteiger partial charge in [-0.25, -0.2) is 9.59 Å². The van der Waals surface area contributed by atoms with Crippen molar-refractivity contribution < 1.29 is 24.5 Å². The number of rotatable bonds is 6. The summed E-state index contributed by atoms with van der Waals surface area (Å²) in [4.78, 5) is 23.3. The number of benzene rings is 3. The zero-order chi connectivity index (χ0) is 20.8. The third-order valence-corrected chi connectivity index (χ3v) is 4.76. The Morgan fingerprint density at radius 2 is 1.72 bits per heavy atom. The Labute approximate surface area is 175 Å². The van der Waals surface area contributed by atoms with Crippen molar-refractivity contribution in [3.63, 3.8) is 0 Å². The summed E-state index contributed by atoms with van der Waals surface area (Å²) >= 11 is 3.33. The lowest BCUT2D eigenvalue weighted by Crippen LogP contribution is -2.17. The number of aromatic hydroxyl groups is 1. The van der Waals surface area contributed by atoms with Gasteiger partial charge in [0.25, 0.3) is 0 Å². The summed E-state index contributed by atoms with van der Waals surface area (Å²) in [6.07, 6.45) is 1.19. The standard InChI is InChI=1S/C22H18BrNO5/c23-14-8-10-15(11-9-14)24-22(28)29-20(6-3-7-21(26)27)18-12-13-19(25)17-5-2-1-4-16(17)18/h1-5,7-13,20,25H,6H2,(H,24,28)(H,26,27)/b7-3+/t20-/m1/s1. The van der Waals surface area contributed by atoms with Crippen LogP contribution in [0.3, 0.4) is 0 Å². The number of amides is 1. The minimum atomic E-state index is -1.08. The van der Waals surface area contributed by atoms with Crippen molar-refractivity contribution in [1.82, 2.24) is 0 Å². The van der Waals surface area contributed by atoms with Gasteiger partial charge < -0.3 is 14.9 Å². The number of nitrogens with one attached hydrogen (secondary N) is 1. The first-order chi connectivity index (χ1) is 13.9. The van der Waals surface area contributed by atoms with Crippen LogP contribution in [-0.4, -0.2) is 22.3 Å². The first-order valence-electron chi connectivity index (χ1n) is 8.77. The molecule has 0 unspecified atom stereocenters. The number of carboxylic acids is 1. The van der Waals surface area contributed by atoms with Crippen LogP contribution >= 0.6 is 15.9 Å². The Kier molecular flexibility index (Phi) is 6.51. The van der Waals surface area contributed by atoms with Crippen molar-refractivity contribution in [2.24, 2.45) is 0 Å². The minimum Gasteiger partial charge on any atom is -0.507 e. The molecular formula is C22H18BrNO5. The molecular weight excluding hydrogens is 438 g/mol. The molecule has 0 aromatic heterocycles. The maximum absolute atomic E-state index is 12.4. The van der Waals surface area contributed by atoms with E-state index in [0.29, 0.717) is 16.6 Å². The molecule has 0 aliphatic rings. The predicted molar refractivity (Wildman–Crippen MR) is 114 cm³/mol. The molecule has 3 rings (SSSR count). The van der Waals surface area contributed by atoms with E-state index in [1.54, 1.807) is 42.5 Å².